The van der Waals surface area contributed by atoms with Gasteiger partial charge in [0.1, 0.15) is 23.9 Å². The summed E-state index contributed by atoms with van der Waals surface area (Å²) in [7, 11) is 0. The molecule has 0 atom stereocenters. The van der Waals surface area contributed by atoms with E-state index >= 15 is 0 Å². The summed E-state index contributed by atoms with van der Waals surface area (Å²) in [5.74, 6) is -3.69. The van der Waals surface area contributed by atoms with Crippen LogP contribution < -0.4 is 10.6 Å². The lowest BCUT2D eigenvalue weighted by Gasteiger charge is -2.28. The van der Waals surface area contributed by atoms with Gasteiger partial charge in [-0.3, -0.25) is 19.3 Å². The van der Waals surface area contributed by atoms with Crippen molar-refractivity contribution in [3.8, 4) is 0 Å². The Hall–Kier alpha value is -3.29. The standard InChI is InChI=1S/C19H17F2N3O3/c20-14-3-1-4-15(21)17(14)19(27)24(11-23-10-2-5-16(23)25)13-8-6-12(7-9-13)18(22)26/h1,3-4,6-9H,2,5,10-11H2,(H2,22,26). The van der Waals surface area contributed by atoms with Gasteiger partial charge in [-0.2, -0.15) is 0 Å². The van der Waals surface area contributed by atoms with Crippen LogP contribution in [0.4, 0.5) is 14.5 Å². The fourth-order valence-electron chi connectivity index (χ4n) is 2.93. The smallest absolute Gasteiger partial charge is 0.265 e. The third-order valence-electron chi connectivity index (χ3n) is 4.37. The van der Waals surface area contributed by atoms with Gasteiger partial charge in [0.15, 0.2) is 0 Å². The van der Waals surface area contributed by atoms with E-state index in [1.165, 1.54) is 29.2 Å². The first-order valence-corrected chi connectivity index (χ1v) is 8.32. The number of nitrogens with zero attached hydrogens (tertiary/aromatic N) is 2. The van der Waals surface area contributed by atoms with E-state index in [0.29, 0.717) is 19.4 Å². The number of hydrogen-bond donors (Lipinski definition) is 1. The molecule has 0 spiro atoms. The van der Waals surface area contributed by atoms with Crippen molar-refractivity contribution in [2.45, 2.75) is 12.8 Å². The number of primary amides is 1. The quantitative estimate of drug-likeness (QED) is 0.873. The molecule has 8 heteroatoms. The number of halogens is 2. The molecule has 1 heterocycles. The minimum atomic E-state index is -0.994. The Bertz CT molecular complexity index is 879. The number of rotatable bonds is 5. The summed E-state index contributed by atoms with van der Waals surface area (Å²) in [4.78, 5) is 38.7. The molecule has 6 nitrogen and oxygen atoms in total. The Morgan fingerprint density at radius 2 is 1.70 bits per heavy atom. The highest BCUT2D eigenvalue weighted by atomic mass is 19.1. The zero-order chi connectivity index (χ0) is 19.6. The van der Waals surface area contributed by atoms with Crippen molar-refractivity contribution >= 4 is 23.4 Å². The Kier molecular flexibility index (Phi) is 5.16. The predicted molar refractivity (Wildman–Crippen MR) is 93.9 cm³/mol. The molecule has 0 aromatic heterocycles. The van der Waals surface area contributed by atoms with E-state index in [0.717, 1.165) is 23.1 Å². The van der Waals surface area contributed by atoms with Gasteiger partial charge in [0.05, 0.1) is 0 Å². The SMILES string of the molecule is NC(=O)c1ccc(N(CN2CCCC2=O)C(=O)c2c(F)cccc2F)cc1. The zero-order valence-corrected chi connectivity index (χ0v) is 14.3. The summed E-state index contributed by atoms with van der Waals surface area (Å²) in [6.45, 7) is 0.295. The maximum atomic E-state index is 14.1. The Morgan fingerprint density at radius 3 is 2.22 bits per heavy atom. The van der Waals surface area contributed by atoms with E-state index in [4.69, 9.17) is 5.73 Å². The average molecular weight is 373 g/mol. The largest absolute Gasteiger partial charge is 0.366 e. The molecule has 1 fully saturated rings. The van der Waals surface area contributed by atoms with Crippen LogP contribution in [0.15, 0.2) is 42.5 Å². The first-order valence-electron chi connectivity index (χ1n) is 8.32. The van der Waals surface area contributed by atoms with Crippen molar-refractivity contribution in [2.24, 2.45) is 5.73 Å². The van der Waals surface area contributed by atoms with E-state index in [-0.39, 0.29) is 23.8 Å². The van der Waals surface area contributed by atoms with Crippen LogP contribution in [0.5, 0.6) is 0 Å². The Balaban J connectivity index is 2.00. The third-order valence-corrected chi connectivity index (χ3v) is 4.37. The van der Waals surface area contributed by atoms with Crippen molar-refractivity contribution < 1.29 is 23.2 Å². The lowest BCUT2D eigenvalue weighted by molar-refractivity contribution is -0.127. The van der Waals surface area contributed by atoms with Crippen LogP contribution in [0, 0.1) is 11.6 Å². The molecular weight excluding hydrogens is 356 g/mol. The van der Waals surface area contributed by atoms with Crippen molar-refractivity contribution in [3.05, 3.63) is 65.2 Å². The maximum absolute atomic E-state index is 14.1. The van der Waals surface area contributed by atoms with Gasteiger partial charge in [0.2, 0.25) is 11.8 Å². The Labute approximate surface area is 154 Å². The highest BCUT2D eigenvalue weighted by Crippen LogP contribution is 2.23. The molecule has 2 aromatic carbocycles. The van der Waals surface area contributed by atoms with Crippen LogP contribution >= 0.6 is 0 Å². The molecule has 1 aliphatic rings. The molecular formula is C19H17F2N3O3. The third kappa shape index (κ3) is 3.79. The molecule has 2 N–H and O–H groups in total. The van der Waals surface area contributed by atoms with Gasteiger partial charge in [-0.15, -0.1) is 0 Å². The molecule has 2 aromatic rings. The molecule has 0 saturated carbocycles. The summed E-state index contributed by atoms with van der Waals surface area (Å²) in [6, 6.07) is 8.84. The lowest BCUT2D eigenvalue weighted by Crippen LogP contribution is -2.43. The minimum Gasteiger partial charge on any atom is -0.366 e. The molecule has 0 aliphatic carbocycles. The van der Waals surface area contributed by atoms with Gasteiger partial charge in [0.25, 0.3) is 5.91 Å². The summed E-state index contributed by atoms with van der Waals surface area (Å²) >= 11 is 0. The summed E-state index contributed by atoms with van der Waals surface area (Å²) in [6.07, 6.45) is 1.01. The molecule has 0 unspecified atom stereocenters. The van der Waals surface area contributed by atoms with Gasteiger partial charge in [-0.25, -0.2) is 8.78 Å². The minimum absolute atomic E-state index is 0.143. The lowest BCUT2D eigenvalue weighted by atomic mass is 10.1. The first-order chi connectivity index (χ1) is 12.9. The van der Waals surface area contributed by atoms with Gasteiger partial charge < -0.3 is 10.6 Å². The van der Waals surface area contributed by atoms with Gasteiger partial charge in [-0.1, -0.05) is 6.07 Å². The zero-order valence-electron chi connectivity index (χ0n) is 14.3. The maximum Gasteiger partial charge on any atom is 0.265 e. The average Bonchev–Trinajstić information content (AvgIpc) is 3.04. The number of anilines is 1. The van der Waals surface area contributed by atoms with Crippen molar-refractivity contribution in [2.75, 3.05) is 18.1 Å². The van der Waals surface area contributed by atoms with Crippen LogP contribution in [-0.2, 0) is 4.79 Å². The second kappa shape index (κ2) is 7.53. The van der Waals surface area contributed by atoms with E-state index < -0.39 is 29.0 Å². The molecule has 1 aliphatic heterocycles. The van der Waals surface area contributed by atoms with Crippen molar-refractivity contribution in [1.82, 2.24) is 4.90 Å². The van der Waals surface area contributed by atoms with Gasteiger partial charge >= 0.3 is 0 Å². The number of likely N-dealkylation sites (tertiary alicyclic amines) is 1. The number of nitrogens with two attached hydrogens (primary N) is 1. The molecule has 140 valence electrons. The van der Waals surface area contributed by atoms with Crippen LogP contribution in [-0.4, -0.2) is 35.8 Å². The van der Waals surface area contributed by atoms with E-state index in [1.54, 1.807) is 0 Å². The molecule has 27 heavy (non-hydrogen) atoms. The second-order valence-electron chi connectivity index (χ2n) is 6.14. The number of carbonyl (C=O) groups is 3. The number of benzene rings is 2. The predicted octanol–water partition coefficient (Wildman–Crippen LogP) is 2.29. The van der Waals surface area contributed by atoms with Crippen LogP contribution in [0.2, 0.25) is 0 Å². The van der Waals surface area contributed by atoms with E-state index in [2.05, 4.69) is 0 Å². The second-order valence-corrected chi connectivity index (χ2v) is 6.14. The van der Waals surface area contributed by atoms with Crippen LogP contribution in [0.3, 0.4) is 0 Å². The molecule has 0 bridgehead atoms. The summed E-state index contributed by atoms with van der Waals surface area (Å²) < 4.78 is 28.2. The highest BCUT2D eigenvalue weighted by Gasteiger charge is 2.29. The van der Waals surface area contributed by atoms with Gasteiger partial charge in [-0.05, 0) is 42.8 Å². The molecule has 0 radical (unpaired) electrons. The monoisotopic (exact) mass is 373 g/mol. The first kappa shape index (κ1) is 18.5. The van der Waals surface area contributed by atoms with E-state index in [1.807, 2.05) is 0 Å². The molecule has 1 saturated heterocycles. The van der Waals surface area contributed by atoms with Crippen LogP contribution in [0.1, 0.15) is 33.6 Å². The number of amides is 3. The number of carbonyl (C=O) groups excluding carboxylic acids is 3. The fraction of sp³-hybridized carbons (Fsp3) is 0.211. The molecule has 3 rings (SSSR count). The summed E-state index contributed by atoms with van der Waals surface area (Å²) in [5, 5.41) is 0. The molecule has 3 amide bonds. The van der Waals surface area contributed by atoms with Gasteiger partial charge in [0, 0.05) is 24.2 Å². The highest BCUT2D eigenvalue weighted by molar-refractivity contribution is 6.07. The fourth-order valence-corrected chi connectivity index (χ4v) is 2.93. The topological polar surface area (TPSA) is 83.7 Å². The van der Waals surface area contributed by atoms with Crippen molar-refractivity contribution in [3.63, 3.8) is 0 Å². The number of hydrogen-bond acceptors (Lipinski definition) is 3. The van der Waals surface area contributed by atoms with Crippen LogP contribution in [0.25, 0.3) is 0 Å². The van der Waals surface area contributed by atoms with E-state index in [9.17, 15) is 23.2 Å². The van der Waals surface area contributed by atoms with Crippen molar-refractivity contribution in [1.29, 1.82) is 0 Å². The summed E-state index contributed by atoms with van der Waals surface area (Å²) in [5.41, 5.74) is 5.01. The normalized spacial score (nSPS) is 13.7. The Morgan fingerprint density at radius 1 is 1.07 bits per heavy atom.